The summed E-state index contributed by atoms with van der Waals surface area (Å²) in [4.78, 5) is 11.7. The maximum Gasteiger partial charge on any atom is 0.234 e. The van der Waals surface area contributed by atoms with Gasteiger partial charge >= 0.3 is 0 Å². The van der Waals surface area contributed by atoms with E-state index in [2.05, 4.69) is 17.6 Å². The second kappa shape index (κ2) is 6.39. The van der Waals surface area contributed by atoms with Crippen LogP contribution in [0.2, 0.25) is 0 Å². The number of carbonyl (C=O) groups is 1. The Morgan fingerprint density at radius 1 is 1.24 bits per heavy atom. The highest BCUT2D eigenvalue weighted by Gasteiger charge is 2.21. The molecule has 1 fully saturated rings. The Morgan fingerprint density at radius 3 is 2.35 bits per heavy atom. The SMILES string of the molecule is CC(NCC(=O)NC(C)(C)C)C1CCCCC1. The third-order valence-corrected chi connectivity index (χ3v) is 3.46. The van der Waals surface area contributed by atoms with E-state index in [1.165, 1.54) is 32.1 Å². The molecule has 100 valence electrons. The molecule has 0 aliphatic heterocycles. The van der Waals surface area contributed by atoms with Gasteiger partial charge in [-0.3, -0.25) is 4.79 Å². The van der Waals surface area contributed by atoms with E-state index in [-0.39, 0.29) is 11.4 Å². The summed E-state index contributed by atoms with van der Waals surface area (Å²) in [6.45, 7) is 8.68. The van der Waals surface area contributed by atoms with Gasteiger partial charge in [-0.2, -0.15) is 0 Å². The van der Waals surface area contributed by atoms with Gasteiger partial charge in [0.15, 0.2) is 0 Å². The molecule has 17 heavy (non-hydrogen) atoms. The van der Waals surface area contributed by atoms with Crippen LogP contribution in [0, 0.1) is 5.92 Å². The minimum absolute atomic E-state index is 0.0974. The summed E-state index contributed by atoms with van der Waals surface area (Å²) in [6.07, 6.45) is 6.72. The fourth-order valence-electron chi connectivity index (χ4n) is 2.52. The summed E-state index contributed by atoms with van der Waals surface area (Å²) in [5, 5.41) is 6.34. The van der Waals surface area contributed by atoms with Crippen LogP contribution in [0.1, 0.15) is 59.8 Å². The Kier molecular flexibility index (Phi) is 5.44. The predicted molar refractivity (Wildman–Crippen MR) is 71.9 cm³/mol. The molecule has 0 radical (unpaired) electrons. The molecule has 0 saturated heterocycles. The lowest BCUT2D eigenvalue weighted by molar-refractivity contribution is -0.121. The molecule has 1 atom stereocenters. The monoisotopic (exact) mass is 240 g/mol. The van der Waals surface area contributed by atoms with Crippen LogP contribution in [0.5, 0.6) is 0 Å². The number of carbonyl (C=O) groups excluding carboxylic acids is 1. The third kappa shape index (κ3) is 6.06. The topological polar surface area (TPSA) is 41.1 Å². The van der Waals surface area contributed by atoms with Crippen molar-refractivity contribution in [1.29, 1.82) is 0 Å². The van der Waals surface area contributed by atoms with Crippen molar-refractivity contribution in [3.05, 3.63) is 0 Å². The normalized spacial score (nSPS) is 20.0. The summed E-state index contributed by atoms with van der Waals surface area (Å²) < 4.78 is 0. The van der Waals surface area contributed by atoms with Gasteiger partial charge in [0.05, 0.1) is 6.54 Å². The minimum Gasteiger partial charge on any atom is -0.350 e. The fraction of sp³-hybridized carbons (Fsp3) is 0.929. The molecule has 0 aromatic heterocycles. The summed E-state index contributed by atoms with van der Waals surface area (Å²) >= 11 is 0. The van der Waals surface area contributed by atoms with Crippen LogP contribution in [-0.2, 0) is 4.79 Å². The van der Waals surface area contributed by atoms with Crippen molar-refractivity contribution in [3.63, 3.8) is 0 Å². The summed E-state index contributed by atoms with van der Waals surface area (Å²) in [5.74, 6) is 0.853. The van der Waals surface area contributed by atoms with Crippen LogP contribution in [0.3, 0.4) is 0 Å². The lowest BCUT2D eigenvalue weighted by Crippen LogP contribution is -2.47. The highest BCUT2D eigenvalue weighted by atomic mass is 16.2. The third-order valence-electron chi connectivity index (χ3n) is 3.46. The molecule has 2 N–H and O–H groups in total. The predicted octanol–water partition coefficient (Wildman–Crippen LogP) is 2.46. The maximum absolute atomic E-state index is 11.7. The highest BCUT2D eigenvalue weighted by Crippen LogP contribution is 2.26. The molecule has 1 saturated carbocycles. The van der Waals surface area contributed by atoms with Gasteiger partial charge in [-0.25, -0.2) is 0 Å². The average molecular weight is 240 g/mol. The molecule has 1 aliphatic rings. The van der Waals surface area contributed by atoms with Crippen LogP contribution in [0.4, 0.5) is 0 Å². The molecule has 1 amide bonds. The largest absolute Gasteiger partial charge is 0.350 e. The number of rotatable bonds is 4. The van der Waals surface area contributed by atoms with Crippen molar-refractivity contribution in [2.75, 3.05) is 6.54 Å². The van der Waals surface area contributed by atoms with Gasteiger partial charge in [0.2, 0.25) is 5.91 Å². The smallest absolute Gasteiger partial charge is 0.234 e. The molecule has 3 heteroatoms. The van der Waals surface area contributed by atoms with Crippen molar-refractivity contribution >= 4 is 5.91 Å². The molecule has 0 aromatic carbocycles. The minimum atomic E-state index is -0.132. The summed E-state index contributed by atoms with van der Waals surface area (Å²) in [7, 11) is 0. The van der Waals surface area contributed by atoms with E-state index in [0.29, 0.717) is 12.6 Å². The van der Waals surface area contributed by atoms with Gasteiger partial charge < -0.3 is 10.6 Å². The average Bonchev–Trinajstić information content (AvgIpc) is 2.25. The lowest BCUT2D eigenvalue weighted by Gasteiger charge is -2.29. The van der Waals surface area contributed by atoms with Crippen LogP contribution in [0.15, 0.2) is 0 Å². The molecular weight excluding hydrogens is 212 g/mol. The zero-order chi connectivity index (χ0) is 12.9. The van der Waals surface area contributed by atoms with Crippen LogP contribution in [0.25, 0.3) is 0 Å². The van der Waals surface area contributed by atoms with Gasteiger partial charge in [0.25, 0.3) is 0 Å². The lowest BCUT2D eigenvalue weighted by atomic mass is 9.84. The molecule has 0 heterocycles. The van der Waals surface area contributed by atoms with Crippen LogP contribution in [-0.4, -0.2) is 24.0 Å². The second-order valence-corrected chi connectivity index (χ2v) is 6.37. The maximum atomic E-state index is 11.7. The molecule has 1 aliphatic carbocycles. The van der Waals surface area contributed by atoms with Crippen molar-refractivity contribution in [2.24, 2.45) is 5.92 Å². The highest BCUT2D eigenvalue weighted by molar-refractivity contribution is 5.78. The van der Waals surface area contributed by atoms with Gasteiger partial charge in [-0.15, -0.1) is 0 Å². The fourth-order valence-corrected chi connectivity index (χ4v) is 2.52. The zero-order valence-corrected chi connectivity index (χ0v) is 11.8. The van der Waals surface area contributed by atoms with Crippen molar-refractivity contribution in [2.45, 2.75) is 71.4 Å². The standard InChI is InChI=1S/C14H28N2O/c1-11(12-8-6-5-7-9-12)15-10-13(17)16-14(2,3)4/h11-12,15H,5-10H2,1-4H3,(H,16,17). The number of nitrogens with one attached hydrogen (secondary N) is 2. The first-order chi connectivity index (χ1) is 7.88. The molecular formula is C14H28N2O. The molecule has 0 spiro atoms. The number of amides is 1. The molecule has 1 unspecified atom stereocenters. The Hall–Kier alpha value is -0.570. The van der Waals surface area contributed by atoms with E-state index in [9.17, 15) is 4.79 Å². The molecule has 0 bridgehead atoms. The Balaban J connectivity index is 2.22. The summed E-state index contributed by atoms with van der Waals surface area (Å²) in [6, 6.07) is 0.459. The van der Waals surface area contributed by atoms with Gasteiger partial charge in [-0.1, -0.05) is 19.3 Å². The number of hydrogen-bond acceptors (Lipinski definition) is 2. The molecule has 0 aromatic rings. The van der Waals surface area contributed by atoms with E-state index >= 15 is 0 Å². The van der Waals surface area contributed by atoms with E-state index in [1.807, 2.05) is 20.8 Å². The van der Waals surface area contributed by atoms with Crippen molar-refractivity contribution < 1.29 is 4.79 Å². The number of hydrogen-bond donors (Lipinski definition) is 2. The van der Waals surface area contributed by atoms with Crippen LogP contribution < -0.4 is 10.6 Å². The van der Waals surface area contributed by atoms with E-state index in [4.69, 9.17) is 0 Å². The Bertz CT molecular complexity index is 239. The van der Waals surface area contributed by atoms with E-state index < -0.39 is 0 Å². The first kappa shape index (κ1) is 14.5. The van der Waals surface area contributed by atoms with Gasteiger partial charge in [0, 0.05) is 11.6 Å². The molecule has 1 rings (SSSR count). The first-order valence-electron chi connectivity index (χ1n) is 6.93. The Morgan fingerprint density at radius 2 is 1.82 bits per heavy atom. The molecule has 3 nitrogen and oxygen atoms in total. The van der Waals surface area contributed by atoms with E-state index in [1.54, 1.807) is 0 Å². The van der Waals surface area contributed by atoms with Crippen molar-refractivity contribution in [1.82, 2.24) is 10.6 Å². The van der Waals surface area contributed by atoms with Crippen LogP contribution >= 0.6 is 0 Å². The van der Waals surface area contributed by atoms with Gasteiger partial charge in [0.1, 0.15) is 0 Å². The quantitative estimate of drug-likeness (QED) is 0.792. The first-order valence-corrected chi connectivity index (χ1v) is 6.93. The van der Waals surface area contributed by atoms with E-state index in [0.717, 1.165) is 5.92 Å². The second-order valence-electron chi connectivity index (χ2n) is 6.37. The van der Waals surface area contributed by atoms with Crippen molar-refractivity contribution in [3.8, 4) is 0 Å². The zero-order valence-electron chi connectivity index (χ0n) is 11.8. The summed E-state index contributed by atoms with van der Waals surface area (Å²) in [5.41, 5.74) is -0.132. The Labute approximate surface area is 106 Å². The van der Waals surface area contributed by atoms with Gasteiger partial charge in [-0.05, 0) is 46.5 Å².